The van der Waals surface area contributed by atoms with Crippen LogP contribution in [0.2, 0.25) is 0 Å². The molecule has 1 aromatic carbocycles. The van der Waals surface area contributed by atoms with E-state index in [0.29, 0.717) is 13.0 Å². The first kappa shape index (κ1) is 13.7. The number of nitrogens with zero attached hydrogens (tertiary/aromatic N) is 1. The summed E-state index contributed by atoms with van der Waals surface area (Å²) in [6.07, 6.45) is 2.46. The highest BCUT2D eigenvalue weighted by Gasteiger charge is 2.31. The van der Waals surface area contributed by atoms with Crippen LogP contribution in [0.1, 0.15) is 31.9 Å². The molecular formula is C16H21NO2. The Labute approximate surface area is 114 Å². The molecule has 2 unspecified atom stereocenters. The highest BCUT2D eigenvalue weighted by molar-refractivity contribution is 5.79. The zero-order valence-corrected chi connectivity index (χ0v) is 11.6. The zero-order chi connectivity index (χ0) is 13.8. The standard InChI is InChI=1S/C16H21NO2/c1-4-13-9-16(18)17(11-13)12(3)14-7-6-8-15(10-14)19-5-2/h4,6-8,10,12-13H,1,5,9,11H2,2-3H3. The van der Waals surface area contributed by atoms with E-state index in [0.717, 1.165) is 17.9 Å². The Bertz CT molecular complexity index is 470. The lowest BCUT2D eigenvalue weighted by molar-refractivity contribution is -0.129. The lowest BCUT2D eigenvalue weighted by Crippen LogP contribution is -2.28. The molecule has 1 fully saturated rings. The second-order valence-corrected chi connectivity index (χ2v) is 4.93. The normalized spacial score (nSPS) is 20.4. The molecule has 3 heteroatoms. The highest BCUT2D eigenvalue weighted by Crippen LogP contribution is 2.30. The Kier molecular flexibility index (Phi) is 4.25. The van der Waals surface area contributed by atoms with Gasteiger partial charge in [-0.25, -0.2) is 0 Å². The minimum Gasteiger partial charge on any atom is -0.494 e. The Morgan fingerprint density at radius 2 is 2.37 bits per heavy atom. The maximum Gasteiger partial charge on any atom is 0.223 e. The first-order valence-electron chi connectivity index (χ1n) is 6.80. The molecule has 0 aliphatic carbocycles. The van der Waals surface area contributed by atoms with Crippen LogP contribution in [-0.4, -0.2) is 24.0 Å². The van der Waals surface area contributed by atoms with Gasteiger partial charge in [-0.15, -0.1) is 6.58 Å². The van der Waals surface area contributed by atoms with E-state index in [9.17, 15) is 4.79 Å². The molecule has 0 bridgehead atoms. The van der Waals surface area contributed by atoms with Crippen molar-refractivity contribution >= 4 is 5.91 Å². The van der Waals surface area contributed by atoms with Crippen molar-refractivity contribution in [1.29, 1.82) is 0 Å². The topological polar surface area (TPSA) is 29.5 Å². The third-order valence-electron chi connectivity index (χ3n) is 3.64. The number of carbonyl (C=O) groups is 1. The maximum absolute atomic E-state index is 12.0. The molecule has 3 nitrogen and oxygen atoms in total. The molecule has 19 heavy (non-hydrogen) atoms. The first-order valence-corrected chi connectivity index (χ1v) is 6.80. The Morgan fingerprint density at radius 1 is 1.58 bits per heavy atom. The van der Waals surface area contributed by atoms with Crippen LogP contribution in [0.25, 0.3) is 0 Å². The van der Waals surface area contributed by atoms with Crippen LogP contribution < -0.4 is 4.74 Å². The van der Waals surface area contributed by atoms with Crippen molar-refractivity contribution in [2.75, 3.05) is 13.2 Å². The van der Waals surface area contributed by atoms with E-state index in [4.69, 9.17) is 4.74 Å². The molecule has 1 heterocycles. The van der Waals surface area contributed by atoms with E-state index in [1.54, 1.807) is 0 Å². The average molecular weight is 259 g/mol. The van der Waals surface area contributed by atoms with Gasteiger partial charge in [-0.2, -0.15) is 0 Å². The quantitative estimate of drug-likeness (QED) is 0.760. The third-order valence-corrected chi connectivity index (χ3v) is 3.64. The summed E-state index contributed by atoms with van der Waals surface area (Å²) < 4.78 is 5.51. The molecule has 0 aromatic heterocycles. The number of hydrogen-bond acceptors (Lipinski definition) is 2. The van der Waals surface area contributed by atoms with Crippen LogP contribution in [0.15, 0.2) is 36.9 Å². The number of ether oxygens (including phenoxy) is 1. The summed E-state index contributed by atoms with van der Waals surface area (Å²) in [5.41, 5.74) is 1.11. The van der Waals surface area contributed by atoms with Crippen molar-refractivity contribution in [1.82, 2.24) is 4.90 Å². The number of hydrogen-bond donors (Lipinski definition) is 0. The summed E-state index contributed by atoms with van der Waals surface area (Å²) in [6, 6.07) is 8.06. The molecular weight excluding hydrogens is 238 g/mol. The van der Waals surface area contributed by atoms with Gasteiger partial charge < -0.3 is 9.64 Å². The average Bonchev–Trinajstić information content (AvgIpc) is 2.80. The Hall–Kier alpha value is -1.77. The smallest absolute Gasteiger partial charge is 0.223 e. The Morgan fingerprint density at radius 3 is 3.00 bits per heavy atom. The van der Waals surface area contributed by atoms with Gasteiger partial charge in [0.1, 0.15) is 5.75 Å². The summed E-state index contributed by atoms with van der Waals surface area (Å²) >= 11 is 0. The van der Waals surface area contributed by atoms with Crippen LogP contribution in [0.5, 0.6) is 5.75 Å². The lowest BCUT2D eigenvalue weighted by Gasteiger charge is -2.25. The summed E-state index contributed by atoms with van der Waals surface area (Å²) in [6.45, 7) is 9.23. The largest absolute Gasteiger partial charge is 0.494 e. The SMILES string of the molecule is C=CC1CC(=O)N(C(C)c2cccc(OCC)c2)C1. The van der Waals surface area contributed by atoms with Gasteiger partial charge in [0.2, 0.25) is 5.91 Å². The summed E-state index contributed by atoms with van der Waals surface area (Å²) in [5, 5.41) is 0. The minimum atomic E-state index is 0.0813. The number of amides is 1. The maximum atomic E-state index is 12.0. The van der Waals surface area contributed by atoms with Crippen molar-refractivity contribution < 1.29 is 9.53 Å². The summed E-state index contributed by atoms with van der Waals surface area (Å²) in [4.78, 5) is 13.9. The van der Waals surface area contributed by atoms with Crippen molar-refractivity contribution in [3.8, 4) is 5.75 Å². The molecule has 1 aliphatic rings. The number of benzene rings is 1. The number of likely N-dealkylation sites (tertiary alicyclic amines) is 1. The third kappa shape index (κ3) is 2.98. The van der Waals surface area contributed by atoms with Crippen molar-refractivity contribution in [3.05, 3.63) is 42.5 Å². The van der Waals surface area contributed by atoms with Crippen molar-refractivity contribution in [3.63, 3.8) is 0 Å². The van der Waals surface area contributed by atoms with Crippen molar-refractivity contribution in [2.45, 2.75) is 26.3 Å². The van der Waals surface area contributed by atoms with Gasteiger partial charge in [0, 0.05) is 18.9 Å². The van der Waals surface area contributed by atoms with Gasteiger partial charge >= 0.3 is 0 Å². The van der Waals surface area contributed by atoms with Gasteiger partial charge in [0.25, 0.3) is 0 Å². The van der Waals surface area contributed by atoms with E-state index in [1.165, 1.54) is 0 Å². The van der Waals surface area contributed by atoms with Gasteiger partial charge in [0.15, 0.2) is 0 Å². The van der Waals surface area contributed by atoms with Crippen molar-refractivity contribution in [2.24, 2.45) is 5.92 Å². The van der Waals surface area contributed by atoms with Crippen LogP contribution in [0.4, 0.5) is 0 Å². The van der Waals surface area contributed by atoms with Crippen LogP contribution >= 0.6 is 0 Å². The molecule has 1 aliphatic heterocycles. The van der Waals surface area contributed by atoms with Gasteiger partial charge in [-0.05, 0) is 31.5 Å². The van der Waals surface area contributed by atoms with Crippen LogP contribution in [-0.2, 0) is 4.79 Å². The molecule has 1 amide bonds. The molecule has 2 atom stereocenters. The number of carbonyl (C=O) groups excluding carboxylic acids is 1. The molecule has 0 N–H and O–H groups in total. The second kappa shape index (κ2) is 5.91. The van der Waals surface area contributed by atoms with E-state index >= 15 is 0 Å². The van der Waals surface area contributed by atoms with Crippen LogP contribution in [0, 0.1) is 5.92 Å². The lowest BCUT2D eigenvalue weighted by atomic mass is 10.1. The van der Waals surface area contributed by atoms with E-state index in [-0.39, 0.29) is 17.9 Å². The fourth-order valence-corrected chi connectivity index (χ4v) is 2.50. The second-order valence-electron chi connectivity index (χ2n) is 4.93. The van der Waals surface area contributed by atoms with Gasteiger partial charge in [-0.1, -0.05) is 18.2 Å². The van der Waals surface area contributed by atoms with Gasteiger partial charge in [-0.3, -0.25) is 4.79 Å². The molecule has 1 saturated heterocycles. The number of rotatable bonds is 5. The fraction of sp³-hybridized carbons (Fsp3) is 0.438. The molecule has 0 spiro atoms. The predicted octanol–water partition coefficient (Wildman–Crippen LogP) is 3.18. The van der Waals surface area contributed by atoms with E-state index in [2.05, 4.69) is 13.5 Å². The molecule has 102 valence electrons. The summed E-state index contributed by atoms with van der Waals surface area (Å²) in [7, 11) is 0. The minimum absolute atomic E-state index is 0.0813. The predicted molar refractivity (Wildman–Crippen MR) is 76.0 cm³/mol. The fourth-order valence-electron chi connectivity index (χ4n) is 2.50. The summed E-state index contributed by atoms with van der Waals surface area (Å²) in [5.74, 6) is 1.35. The molecule has 1 aromatic rings. The Balaban J connectivity index is 2.15. The molecule has 2 rings (SSSR count). The zero-order valence-electron chi connectivity index (χ0n) is 11.6. The highest BCUT2D eigenvalue weighted by atomic mass is 16.5. The van der Waals surface area contributed by atoms with E-state index in [1.807, 2.05) is 42.2 Å². The van der Waals surface area contributed by atoms with Gasteiger partial charge in [0.05, 0.1) is 12.6 Å². The molecule has 0 radical (unpaired) electrons. The molecule has 0 saturated carbocycles. The first-order chi connectivity index (χ1) is 9.15. The van der Waals surface area contributed by atoms with Crippen LogP contribution in [0.3, 0.4) is 0 Å². The monoisotopic (exact) mass is 259 g/mol. The van der Waals surface area contributed by atoms with E-state index < -0.39 is 0 Å².